The van der Waals surface area contributed by atoms with Crippen molar-refractivity contribution >= 4 is 55.6 Å². The third-order valence-electron chi connectivity index (χ3n) is 5.45. The highest BCUT2D eigenvalue weighted by atomic mass is 35.5. The van der Waals surface area contributed by atoms with Crippen LogP contribution < -0.4 is 15.2 Å². The second-order valence-electron chi connectivity index (χ2n) is 8.04. The van der Waals surface area contributed by atoms with Gasteiger partial charge in [0.1, 0.15) is 17.1 Å². The Kier molecular flexibility index (Phi) is 7.28. The Labute approximate surface area is 217 Å². The Balaban J connectivity index is 1.89. The summed E-state index contributed by atoms with van der Waals surface area (Å²) in [5.74, 6) is 0.393. The maximum atomic E-state index is 13.4. The van der Waals surface area contributed by atoms with Gasteiger partial charge in [0.2, 0.25) is 0 Å². The maximum absolute atomic E-state index is 13.4. The number of aryl methyl sites for hydroxylation is 2. The first-order chi connectivity index (χ1) is 17.0. The molecular weight excluding hydrogens is 529 g/mol. The average molecular weight is 552 g/mol. The van der Waals surface area contributed by atoms with Gasteiger partial charge < -0.3 is 9.64 Å². The molecule has 0 N–H and O–H groups in total. The molecular formula is C23H23Cl2N5O5S. The van der Waals surface area contributed by atoms with Crippen molar-refractivity contribution in [3.63, 3.8) is 0 Å². The maximum Gasteiger partial charge on any atom is 0.265 e. The molecule has 2 aromatic carbocycles. The third-order valence-corrected chi connectivity index (χ3v) is 6.89. The van der Waals surface area contributed by atoms with Crippen LogP contribution in [-0.4, -0.2) is 54.3 Å². The van der Waals surface area contributed by atoms with Gasteiger partial charge in [0.15, 0.2) is 0 Å². The minimum Gasteiger partial charge on any atom is -0.495 e. The summed E-state index contributed by atoms with van der Waals surface area (Å²) in [6.45, 7) is 1.67. The summed E-state index contributed by atoms with van der Waals surface area (Å²) < 4.78 is 36.6. The minimum atomic E-state index is -3.69. The van der Waals surface area contributed by atoms with Crippen molar-refractivity contribution in [1.29, 1.82) is 0 Å². The zero-order valence-electron chi connectivity index (χ0n) is 19.9. The number of anilines is 2. The molecule has 0 spiro atoms. The van der Waals surface area contributed by atoms with Crippen LogP contribution in [0.25, 0.3) is 16.6 Å². The van der Waals surface area contributed by atoms with Crippen LogP contribution in [0, 0.1) is 6.92 Å². The zero-order valence-corrected chi connectivity index (χ0v) is 22.2. The molecule has 0 unspecified atom stereocenters. The van der Waals surface area contributed by atoms with Crippen LogP contribution in [-0.2, 0) is 21.3 Å². The molecule has 2 heterocycles. The summed E-state index contributed by atoms with van der Waals surface area (Å²) >= 11 is 13.3. The summed E-state index contributed by atoms with van der Waals surface area (Å²) in [5, 5.41) is 5.02. The number of hydrogen-bond donors (Lipinski definition) is 0. The van der Waals surface area contributed by atoms with Crippen LogP contribution in [0.4, 0.5) is 11.4 Å². The van der Waals surface area contributed by atoms with Crippen molar-refractivity contribution < 1.29 is 17.3 Å². The lowest BCUT2D eigenvalue weighted by molar-refractivity contribution is 0.331. The van der Waals surface area contributed by atoms with Crippen molar-refractivity contribution in [2.75, 3.05) is 31.4 Å². The van der Waals surface area contributed by atoms with E-state index >= 15 is 0 Å². The van der Waals surface area contributed by atoms with E-state index in [4.69, 9.17) is 32.1 Å². The third kappa shape index (κ3) is 5.19. The Bertz CT molecular complexity index is 1620. The quantitative estimate of drug-likeness (QED) is 0.304. The monoisotopic (exact) mass is 551 g/mol. The fourth-order valence-electron chi connectivity index (χ4n) is 3.75. The first-order valence-electron chi connectivity index (χ1n) is 10.6. The van der Waals surface area contributed by atoms with Crippen molar-refractivity contribution in [2.45, 2.75) is 6.92 Å². The van der Waals surface area contributed by atoms with Gasteiger partial charge >= 0.3 is 0 Å². The molecule has 0 atom stereocenters. The van der Waals surface area contributed by atoms with E-state index in [1.54, 1.807) is 60.2 Å². The summed E-state index contributed by atoms with van der Waals surface area (Å²) in [7, 11) is -0.454. The highest BCUT2D eigenvalue weighted by molar-refractivity contribution is 7.85. The Morgan fingerprint density at radius 1 is 1.17 bits per heavy atom. The highest BCUT2D eigenvalue weighted by Crippen LogP contribution is 2.45. The molecule has 36 heavy (non-hydrogen) atoms. The van der Waals surface area contributed by atoms with E-state index in [1.165, 1.54) is 18.0 Å². The van der Waals surface area contributed by atoms with Crippen molar-refractivity contribution in [3.05, 3.63) is 68.9 Å². The molecule has 0 fully saturated rings. The van der Waals surface area contributed by atoms with Gasteiger partial charge in [0.25, 0.3) is 15.7 Å². The summed E-state index contributed by atoms with van der Waals surface area (Å²) in [6.07, 6.45) is 5.67. The highest BCUT2D eigenvalue weighted by Gasteiger charge is 2.23. The van der Waals surface area contributed by atoms with Crippen LogP contribution in [0.3, 0.4) is 0 Å². The van der Waals surface area contributed by atoms with Gasteiger partial charge in [0.05, 0.1) is 53.5 Å². The molecule has 13 heteroatoms. The Morgan fingerprint density at radius 3 is 2.56 bits per heavy atom. The minimum absolute atomic E-state index is 0.0572. The molecule has 0 bridgehead atoms. The summed E-state index contributed by atoms with van der Waals surface area (Å²) in [5.41, 5.74) is 2.36. The zero-order chi connectivity index (χ0) is 26.2. The molecule has 0 aliphatic rings. The van der Waals surface area contributed by atoms with Crippen LogP contribution in [0.2, 0.25) is 10.0 Å². The van der Waals surface area contributed by atoms with Crippen molar-refractivity contribution in [3.8, 4) is 11.4 Å². The van der Waals surface area contributed by atoms with Gasteiger partial charge in [0, 0.05) is 25.5 Å². The molecule has 0 amide bonds. The number of benzene rings is 2. The van der Waals surface area contributed by atoms with Crippen LogP contribution in [0.15, 0.2) is 47.8 Å². The lowest BCUT2D eigenvalue weighted by Gasteiger charge is -2.28. The molecule has 190 valence electrons. The van der Waals surface area contributed by atoms with E-state index in [1.807, 2.05) is 0 Å². The lowest BCUT2D eigenvalue weighted by atomic mass is 10.1. The molecule has 10 nitrogen and oxygen atoms in total. The standard InChI is InChI=1S/C23H23Cl2N5O5S/c1-14-9-19(34-3)21(25)22(20(14)24)29(7-8-35-36(4,32)33)15-5-6-18-17(10-15)23(31)30(13-26-18)16-11-27-28(2)12-16/h5-6,9-13H,7-8H2,1-4H3. The largest absolute Gasteiger partial charge is 0.495 e. The van der Waals surface area contributed by atoms with Crippen LogP contribution in [0.1, 0.15) is 5.56 Å². The van der Waals surface area contributed by atoms with E-state index in [0.717, 1.165) is 6.26 Å². The number of fused-ring (bicyclic) bond motifs is 1. The predicted molar refractivity (Wildman–Crippen MR) is 140 cm³/mol. The molecule has 0 saturated heterocycles. The van der Waals surface area contributed by atoms with E-state index < -0.39 is 10.1 Å². The van der Waals surface area contributed by atoms with Gasteiger partial charge in [-0.1, -0.05) is 23.2 Å². The number of ether oxygens (including phenoxy) is 1. The second kappa shape index (κ2) is 10.1. The molecule has 0 radical (unpaired) electrons. The van der Waals surface area contributed by atoms with Crippen LogP contribution in [0.5, 0.6) is 5.75 Å². The number of rotatable bonds is 8. The van der Waals surface area contributed by atoms with Gasteiger partial charge in [-0.3, -0.25) is 18.2 Å². The van der Waals surface area contributed by atoms with Crippen LogP contribution >= 0.6 is 23.2 Å². The molecule has 4 rings (SSSR count). The van der Waals surface area contributed by atoms with Gasteiger partial charge in [-0.05, 0) is 36.8 Å². The second-order valence-corrected chi connectivity index (χ2v) is 10.4. The predicted octanol–water partition coefficient (Wildman–Crippen LogP) is 3.86. The molecule has 2 aromatic heterocycles. The lowest BCUT2D eigenvalue weighted by Crippen LogP contribution is -2.25. The number of methoxy groups -OCH3 is 1. The summed E-state index contributed by atoms with van der Waals surface area (Å²) in [4.78, 5) is 19.5. The van der Waals surface area contributed by atoms with Gasteiger partial charge in [-0.2, -0.15) is 13.5 Å². The molecule has 0 aliphatic carbocycles. The number of hydrogen-bond acceptors (Lipinski definition) is 8. The SMILES string of the molecule is COc1cc(C)c(Cl)c(N(CCOS(C)(=O)=O)c2ccc3ncn(-c4cnn(C)c4)c(=O)c3c2)c1Cl. The Morgan fingerprint density at radius 2 is 1.92 bits per heavy atom. The van der Waals surface area contributed by atoms with E-state index in [2.05, 4.69) is 10.1 Å². The number of aromatic nitrogens is 4. The Hall–Kier alpha value is -3.12. The molecule has 0 aliphatic heterocycles. The number of halogens is 2. The smallest absolute Gasteiger partial charge is 0.265 e. The van der Waals surface area contributed by atoms with Gasteiger partial charge in [-0.25, -0.2) is 4.98 Å². The fourth-order valence-corrected chi connectivity index (χ4v) is 4.76. The normalized spacial score (nSPS) is 11.7. The topological polar surface area (TPSA) is 109 Å². The average Bonchev–Trinajstić information content (AvgIpc) is 3.25. The molecule has 0 saturated carbocycles. The van der Waals surface area contributed by atoms with Crippen molar-refractivity contribution in [1.82, 2.24) is 19.3 Å². The fraction of sp³-hybridized carbons (Fsp3) is 0.261. The van der Waals surface area contributed by atoms with E-state index in [9.17, 15) is 13.2 Å². The summed E-state index contributed by atoms with van der Waals surface area (Å²) in [6, 6.07) is 6.79. The van der Waals surface area contributed by atoms with Crippen molar-refractivity contribution in [2.24, 2.45) is 7.05 Å². The van der Waals surface area contributed by atoms with E-state index in [0.29, 0.717) is 44.3 Å². The van der Waals surface area contributed by atoms with E-state index in [-0.39, 0.29) is 23.7 Å². The van der Waals surface area contributed by atoms with Gasteiger partial charge in [-0.15, -0.1) is 0 Å². The molecule has 4 aromatic rings. The first-order valence-corrected chi connectivity index (χ1v) is 13.2. The number of nitrogens with zero attached hydrogens (tertiary/aromatic N) is 5. The first kappa shape index (κ1) is 26.0.